The molecule has 1 heterocycles. The fraction of sp³-hybridized carbons (Fsp3) is 0. The van der Waals surface area contributed by atoms with Gasteiger partial charge in [-0.25, -0.2) is 0 Å². The predicted octanol–water partition coefficient (Wildman–Crippen LogP) is 1.37. The molecule has 4 nitrogen and oxygen atoms in total. The highest BCUT2D eigenvalue weighted by Crippen LogP contribution is 2.13. The zero-order chi connectivity index (χ0) is 8.39. The van der Waals surface area contributed by atoms with E-state index >= 15 is 0 Å². The maximum Gasteiger partial charge on any atom is 0.0755 e. The standard InChI is InChI=1S/C8H7N3O/c12-10-5-7-3-1-2-6-4-9-11-8(6)7/h1-5,12H,(H,9,11)/b10-5+. The molecule has 12 heavy (non-hydrogen) atoms. The third-order valence-corrected chi connectivity index (χ3v) is 1.71. The zero-order valence-electron chi connectivity index (χ0n) is 6.23. The van der Waals surface area contributed by atoms with Gasteiger partial charge < -0.3 is 5.21 Å². The van der Waals surface area contributed by atoms with Gasteiger partial charge in [0.1, 0.15) is 0 Å². The van der Waals surface area contributed by atoms with Crippen LogP contribution in [0.25, 0.3) is 10.9 Å². The Morgan fingerprint density at radius 1 is 1.50 bits per heavy atom. The van der Waals surface area contributed by atoms with E-state index in [1.54, 1.807) is 6.20 Å². The maximum absolute atomic E-state index is 8.35. The van der Waals surface area contributed by atoms with Crippen LogP contribution in [-0.4, -0.2) is 21.6 Å². The van der Waals surface area contributed by atoms with Gasteiger partial charge in [0.05, 0.1) is 17.9 Å². The summed E-state index contributed by atoms with van der Waals surface area (Å²) in [7, 11) is 0. The van der Waals surface area contributed by atoms with Crippen LogP contribution in [0.1, 0.15) is 5.56 Å². The minimum atomic E-state index is 0.826. The Kier molecular flexibility index (Phi) is 1.51. The fourth-order valence-electron chi connectivity index (χ4n) is 1.16. The molecule has 0 aliphatic carbocycles. The summed E-state index contributed by atoms with van der Waals surface area (Å²) in [5, 5.41) is 19.0. The molecular weight excluding hydrogens is 154 g/mol. The van der Waals surface area contributed by atoms with E-state index < -0.39 is 0 Å². The van der Waals surface area contributed by atoms with Crippen LogP contribution in [0, 0.1) is 0 Å². The maximum atomic E-state index is 8.35. The molecule has 0 fully saturated rings. The number of nitrogens with zero attached hydrogens (tertiary/aromatic N) is 2. The van der Waals surface area contributed by atoms with E-state index in [0.29, 0.717) is 0 Å². The normalized spacial score (nSPS) is 11.3. The van der Waals surface area contributed by atoms with Crippen molar-refractivity contribution < 1.29 is 5.21 Å². The monoisotopic (exact) mass is 161 g/mol. The number of para-hydroxylation sites is 1. The van der Waals surface area contributed by atoms with E-state index in [4.69, 9.17) is 5.21 Å². The van der Waals surface area contributed by atoms with Gasteiger partial charge in [-0.2, -0.15) is 5.10 Å². The van der Waals surface area contributed by atoms with Crippen LogP contribution in [0.2, 0.25) is 0 Å². The summed E-state index contributed by atoms with van der Waals surface area (Å²) in [4.78, 5) is 0. The van der Waals surface area contributed by atoms with Crippen LogP contribution in [0.3, 0.4) is 0 Å². The number of aromatic nitrogens is 2. The fourth-order valence-corrected chi connectivity index (χ4v) is 1.16. The second-order valence-corrected chi connectivity index (χ2v) is 2.43. The van der Waals surface area contributed by atoms with Crippen molar-refractivity contribution >= 4 is 17.1 Å². The number of H-pyrrole nitrogens is 1. The summed E-state index contributed by atoms with van der Waals surface area (Å²) in [5.74, 6) is 0. The Morgan fingerprint density at radius 2 is 2.42 bits per heavy atom. The van der Waals surface area contributed by atoms with Crippen molar-refractivity contribution in [3.8, 4) is 0 Å². The Bertz CT molecular complexity index is 419. The molecule has 2 rings (SSSR count). The summed E-state index contributed by atoms with van der Waals surface area (Å²) < 4.78 is 0. The molecule has 0 saturated heterocycles. The van der Waals surface area contributed by atoms with Crippen molar-refractivity contribution in [3.05, 3.63) is 30.0 Å². The number of hydrogen-bond acceptors (Lipinski definition) is 3. The second kappa shape index (κ2) is 2.65. The van der Waals surface area contributed by atoms with Gasteiger partial charge in [0.15, 0.2) is 0 Å². The molecule has 4 heteroatoms. The molecule has 0 atom stereocenters. The minimum Gasteiger partial charge on any atom is -0.411 e. The van der Waals surface area contributed by atoms with Crippen molar-refractivity contribution in [2.45, 2.75) is 0 Å². The van der Waals surface area contributed by atoms with Crippen LogP contribution < -0.4 is 0 Å². The summed E-state index contributed by atoms with van der Waals surface area (Å²) in [5.41, 5.74) is 1.71. The molecule has 0 aliphatic heterocycles. The number of fused-ring (bicyclic) bond motifs is 1. The highest BCUT2D eigenvalue weighted by atomic mass is 16.4. The zero-order valence-corrected chi connectivity index (χ0v) is 6.23. The van der Waals surface area contributed by atoms with Gasteiger partial charge in [-0.15, -0.1) is 0 Å². The van der Waals surface area contributed by atoms with Gasteiger partial charge in [-0.3, -0.25) is 5.10 Å². The van der Waals surface area contributed by atoms with Gasteiger partial charge >= 0.3 is 0 Å². The third-order valence-electron chi connectivity index (χ3n) is 1.71. The molecule has 2 N–H and O–H groups in total. The number of hydrogen-bond donors (Lipinski definition) is 2. The lowest BCUT2D eigenvalue weighted by molar-refractivity contribution is 0.322. The van der Waals surface area contributed by atoms with Gasteiger partial charge in [-0.05, 0) is 0 Å². The van der Waals surface area contributed by atoms with Crippen LogP contribution in [-0.2, 0) is 0 Å². The van der Waals surface area contributed by atoms with Gasteiger partial charge in [0.25, 0.3) is 0 Å². The summed E-state index contributed by atoms with van der Waals surface area (Å²) >= 11 is 0. The van der Waals surface area contributed by atoms with E-state index in [1.807, 2.05) is 18.2 Å². The Hall–Kier alpha value is -1.84. The Morgan fingerprint density at radius 3 is 3.25 bits per heavy atom. The summed E-state index contributed by atoms with van der Waals surface area (Å²) in [6.45, 7) is 0. The molecule has 0 aliphatic rings. The van der Waals surface area contributed by atoms with Crippen LogP contribution in [0.4, 0.5) is 0 Å². The molecule has 0 saturated carbocycles. The van der Waals surface area contributed by atoms with Gasteiger partial charge in [0.2, 0.25) is 0 Å². The highest BCUT2D eigenvalue weighted by Gasteiger charge is 1.98. The first-order chi connectivity index (χ1) is 5.92. The van der Waals surface area contributed by atoms with Crippen LogP contribution in [0.5, 0.6) is 0 Å². The molecule has 0 bridgehead atoms. The van der Waals surface area contributed by atoms with Crippen molar-refractivity contribution in [1.82, 2.24) is 10.2 Å². The molecule has 0 unspecified atom stereocenters. The van der Waals surface area contributed by atoms with E-state index in [0.717, 1.165) is 16.5 Å². The van der Waals surface area contributed by atoms with E-state index in [-0.39, 0.29) is 0 Å². The molecule has 1 aromatic carbocycles. The molecule has 1 aromatic heterocycles. The van der Waals surface area contributed by atoms with Crippen molar-refractivity contribution in [1.29, 1.82) is 0 Å². The van der Waals surface area contributed by atoms with Crippen molar-refractivity contribution in [2.75, 3.05) is 0 Å². The van der Waals surface area contributed by atoms with Gasteiger partial charge in [-0.1, -0.05) is 23.4 Å². The van der Waals surface area contributed by atoms with E-state index in [1.165, 1.54) is 6.21 Å². The van der Waals surface area contributed by atoms with Crippen molar-refractivity contribution in [2.24, 2.45) is 5.16 Å². The smallest absolute Gasteiger partial charge is 0.0755 e. The molecule has 0 amide bonds. The Balaban J connectivity index is 2.73. The highest BCUT2D eigenvalue weighted by molar-refractivity contribution is 5.96. The third kappa shape index (κ3) is 0.934. The summed E-state index contributed by atoms with van der Waals surface area (Å²) in [6, 6.07) is 5.67. The molecule has 0 spiro atoms. The summed E-state index contributed by atoms with van der Waals surface area (Å²) in [6.07, 6.45) is 3.10. The number of nitrogens with one attached hydrogen (secondary N) is 1. The average molecular weight is 161 g/mol. The molecule has 60 valence electrons. The average Bonchev–Trinajstić information content (AvgIpc) is 2.53. The number of benzene rings is 1. The number of aromatic amines is 1. The SMILES string of the molecule is O/N=C/c1cccc2cn[nH]c12. The minimum absolute atomic E-state index is 0.826. The van der Waals surface area contributed by atoms with E-state index in [2.05, 4.69) is 15.4 Å². The van der Waals surface area contributed by atoms with E-state index in [9.17, 15) is 0 Å². The number of rotatable bonds is 1. The lowest BCUT2D eigenvalue weighted by Crippen LogP contribution is -1.82. The van der Waals surface area contributed by atoms with Crippen molar-refractivity contribution in [3.63, 3.8) is 0 Å². The first-order valence-corrected chi connectivity index (χ1v) is 3.51. The van der Waals surface area contributed by atoms with Crippen LogP contribution >= 0.6 is 0 Å². The molecule has 0 radical (unpaired) electrons. The quantitative estimate of drug-likeness (QED) is 0.377. The largest absolute Gasteiger partial charge is 0.411 e. The second-order valence-electron chi connectivity index (χ2n) is 2.43. The predicted molar refractivity (Wildman–Crippen MR) is 45.5 cm³/mol. The molecule has 2 aromatic rings. The lowest BCUT2D eigenvalue weighted by Gasteiger charge is -1.92. The van der Waals surface area contributed by atoms with Gasteiger partial charge in [0, 0.05) is 10.9 Å². The first-order valence-electron chi connectivity index (χ1n) is 3.51. The molecular formula is C8H7N3O. The lowest BCUT2D eigenvalue weighted by atomic mass is 10.2. The first kappa shape index (κ1) is 6.84. The topological polar surface area (TPSA) is 61.3 Å². The number of oxime groups is 1. The van der Waals surface area contributed by atoms with Crippen LogP contribution in [0.15, 0.2) is 29.6 Å². The Labute approximate surface area is 68.5 Å².